The molecule has 1 saturated heterocycles. The second-order valence-electron chi connectivity index (χ2n) is 4.57. The van der Waals surface area contributed by atoms with E-state index in [-0.39, 0.29) is 5.91 Å². The summed E-state index contributed by atoms with van der Waals surface area (Å²) in [6, 6.07) is 0.426. The van der Waals surface area contributed by atoms with Gasteiger partial charge in [-0.05, 0) is 33.2 Å². The van der Waals surface area contributed by atoms with E-state index in [2.05, 4.69) is 10.6 Å². The van der Waals surface area contributed by atoms with Crippen LogP contribution >= 0.6 is 0 Å². The first-order valence-corrected chi connectivity index (χ1v) is 5.63. The quantitative estimate of drug-likeness (QED) is 0.723. The SMILES string of the molecule is COC(C)(C)C(=O)NCC1CCCCN1. The summed E-state index contributed by atoms with van der Waals surface area (Å²) in [6.45, 7) is 5.31. The zero-order valence-corrected chi connectivity index (χ0v) is 9.93. The van der Waals surface area contributed by atoms with E-state index in [1.54, 1.807) is 21.0 Å². The van der Waals surface area contributed by atoms with Crippen molar-refractivity contribution in [2.45, 2.75) is 44.8 Å². The molecule has 0 aromatic carbocycles. The molecule has 1 aliphatic heterocycles. The van der Waals surface area contributed by atoms with E-state index in [4.69, 9.17) is 4.74 Å². The Hall–Kier alpha value is -0.610. The molecule has 1 aliphatic rings. The zero-order chi connectivity index (χ0) is 11.3. The fourth-order valence-electron chi connectivity index (χ4n) is 1.62. The van der Waals surface area contributed by atoms with Crippen molar-refractivity contribution in [2.24, 2.45) is 0 Å². The third-order valence-electron chi connectivity index (χ3n) is 2.98. The molecule has 1 fully saturated rings. The summed E-state index contributed by atoms with van der Waals surface area (Å²) >= 11 is 0. The van der Waals surface area contributed by atoms with E-state index >= 15 is 0 Å². The Bertz CT molecular complexity index is 211. The Morgan fingerprint density at radius 3 is 2.80 bits per heavy atom. The largest absolute Gasteiger partial charge is 0.369 e. The molecule has 4 heteroatoms. The first kappa shape index (κ1) is 12.5. The first-order chi connectivity index (χ1) is 7.06. The molecular weight excluding hydrogens is 192 g/mol. The number of amides is 1. The van der Waals surface area contributed by atoms with Gasteiger partial charge in [0.15, 0.2) is 0 Å². The summed E-state index contributed by atoms with van der Waals surface area (Å²) in [5, 5.41) is 6.31. The van der Waals surface area contributed by atoms with Crippen molar-refractivity contribution < 1.29 is 9.53 Å². The van der Waals surface area contributed by atoms with Crippen LogP contribution in [0.3, 0.4) is 0 Å². The van der Waals surface area contributed by atoms with Crippen molar-refractivity contribution in [1.29, 1.82) is 0 Å². The van der Waals surface area contributed by atoms with Crippen molar-refractivity contribution in [3.05, 3.63) is 0 Å². The van der Waals surface area contributed by atoms with Gasteiger partial charge >= 0.3 is 0 Å². The third kappa shape index (κ3) is 3.80. The molecule has 0 aromatic rings. The van der Waals surface area contributed by atoms with Crippen LogP contribution in [0.4, 0.5) is 0 Å². The smallest absolute Gasteiger partial charge is 0.251 e. The van der Waals surface area contributed by atoms with E-state index in [1.165, 1.54) is 12.8 Å². The Morgan fingerprint density at radius 2 is 2.27 bits per heavy atom. The summed E-state index contributed by atoms with van der Waals surface area (Å²) in [5.74, 6) is -0.0441. The molecule has 1 unspecified atom stereocenters. The minimum atomic E-state index is -0.728. The lowest BCUT2D eigenvalue weighted by molar-refractivity contribution is -0.139. The van der Waals surface area contributed by atoms with Crippen LogP contribution in [0.5, 0.6) is 0 Å². The Balaban J connectivity index is 2.26. The van der Waals surface area contributed by atoms with Gasteiger partial charge in [-0.1, -0.05) is 6.42 Å². The van der Waals surface area contributed by atoms with Crippen molar-refractivity contribution in [1.82, 2.24) is 10.6 Å². The van der Waals surface area contributed by atoms with Crippen molar-refractivity contribution in [3.8, 4) is 0 Å². The summed E-state index contributed by atoms with van der Waals surface area (Å²) < 4.78 is 5.11. The average molecular weight is 214 g/mol. The van der Waals surface area contributed by atoms with Gasteiger partial charge in [-0.2, -0.15) is 0 Å². The highest BCUT2D eigenvalue weighted by Crippen LogP contribution is 2.09. The standard InChI is InChI=1S/C11H22N2O2/c1-11(2,15-3)10(14)13-8-9-6-4-5-7-12-9/h9,12H,4-8H2,1-3H3,(H,13,14). The maximum Gasteiger partial charge on any atom is 0.251 e. The average Bonchev–Trinajstić information content (AvgIpc) is 2.27. The van der Waals surface area contributed by atoms with E-state index in [9.17, 15) is 4.79 Å². The van der Waals surface area contributed by atoms with Crippen molar-refractivity contribution >= 4 is 5.91 Å². The van der Waals surface area contributed by atoms with Gasteiger partial charge in [-0.25, -0.2) is 0 Å². The lowest BCUT2D eigenvalue weighted by Gasteiger charge is -2.26. The third-order valence-corrected chi connectivity index (χ3v) is 2.98. The Morgan fingerprint density at radius 1 is 1.53 bits per heavy atom. The number of nitrogens with one attached hydrogen (secondary N) is 2. The van der Waals surface area contributed by atoms with Crippen molar-refractivity contribution in [3.63, 3.8) is 0 Å². The van der Waals surface area contributed by atoms with Gasteiger partial charge in [-0.15, -0.1) is 0 Å². The molecule has 0 aromatic heterocycles. The van der Waals surface area contributed by atoms with Gasteiger partial charge in [0, 0.05) is 19.7 Å². The fraction of sp³-hybridized carbons (Fsp3) is 0.909. The van der Waals surface area contributed by atoms with Crippen LogP contribution < -0.4 is 10.6 Å². The predicted octanol–water partition coefficient (Wildman–Crippen LogP) is 0.670. The topological polar surface area (TPSA) is 50.4 Å². The summed E-state index contributed by atoms with van der Waals surface area (Å²) in [6.07, 6.45) is 3.64. The highest BCUT2D eigenvalue weighted by Gasteiger charge is 2.27. The lowest BCUT2D eigenvalue weighted by atomic mass is 10.0. The molecule has 1 heterocycles. The number of rotatable bonds is 4. The molecule has 0 radical (unpaired) electrons. The number of hydrogen-bond donors (Lipinski definition) is 2. The number of carbonyl (C=O) groups excluding carboxylic acids is 1. The fourth-order valence-corrected chi connectivity index (χ4v) is 1.62. The van der Waals surface area contributed by atoms with E-state index < -0.39 is 5.60 Å². The highest BCUT2D eigenvalue weighted by atomic mass is 16.5. The molecule has 0 spiro atoms. The van der Waals surface area contributed by atoms with Gasteiger partial charge < -0.3 is 15.4 Å². The van der Waals surface area contributed by atoms with Gasteiger partial charge in [0.05, 0.1) is 0 Å². The minimum absolute atomic E-state index is 0.0441. The predicted molar refractivity (Wildman–Crippen MR) is 59.7 cm³/mol. The Kier molecular flexibility index (Phi) is 4.54. The maximum atomic E-state index is 11.7. The van der Waals surface area contributed by atoms with Crippen LogP contribution in [0.2, 0.25) is 0 Å². The van der Waals surface area contributed by atoms with Crippen LogP contribution in [0.15, 0.2) is 0 Å². The van der Waals surface area contributed by atoms with E-state index in [0.29, 0.717) is 12.6 Å². The molecule has 1 amide bonds. The van der Waals surface area contributed by atoms with Crippen molar-refractivity contribution in [2.75, 3.05) is 20.2 Å². The van der Waals surface area contributed by atoms with Gasteiger partial charge in [-0.3, -0.25) is 4.79 Å². The van der Waals surface area contributed by atoms with Gasteiger partial charge in [0.2, 0.25) is 0 Å². The van der Waals surface area contributed by atoms with Crippen LogP contribution in [-0.2, 0) is 9.53 Å². The number of piperidine rings is 1. The molecular formula is C11H22N2O2. The molecule has 0 saturated carbocycles. The molecule has 88 valence electrons. The first-order valence-electron chi connectivity index (χ1n) is 5.63. The molecule has 2 N–H and O–H groups in total. The van der Waals surface area contributed by atoms with Gasteiger partial charge in [0.25, 0.3) is 5.91 Å². The summed E-state index contributed by atoms with van der Waals surface area (Å²) in [4.78, 5) is 11.7. The summed E-state index contributed by atoms with van der Waals surface area (Å²) in [7, 11) is 1.55. The number of hydrogen-bond acceptors (Lipinski definition) is 3. The molecule has 15 heavy (non-hydrogen) atoms. The lowest BCUT2D eigenvalue weighted by Crippen LogP contribution is -2.49. The minimum Gasteiger partial charge on any atom is -0.369 e. The molecule has 1 rings (SSSR count). The molecule has 0 aliphatic carbocycles. The molecule has 4 nitrogen and oxygen atoms in total. The van der Waals surface area contributed by atoms with Crippen LogP contribution in [-0.4, -0.2) is 37.7 Å². The monoisotopic (exact) mass is 214 g/mol. The second kappa shape index (κ2) is 5.47. The normalized spacial score (nSPS) is 22.5. The number of methoxy groups -OCH3 is 1. The van der Waals surface area contributed by atoms with E-state index in [0.717, 1.165) is 13.0 Å². The molecule has 1 atom stereocenters. The highest BCUT2D eigenvalue weighted by molar-refractivity contribution is 5.84. The Labute approximate surface area is 91.8 Å². The second-order valence-corrected chi connectivity index (χ2v) is 4.57. The number of ether oxygens (including phenoxy) is 1. The van der Waals surface area contributed by atoms with E-state index in [1.807, 2.05) is 0 Å². The van der Waals surface area contributed by atoms with Crippen LogP contribution in [0.1, 0.15) is 33.1 Å². The van der Waals surface area contributed by atoms with Crippen LogP contribution in [0, 0.1) is 0 Å². The zero-order valence-electron chi connectivity index (χ0n) is 9.93. The van der Waals surface area contributed by atoms with Gasteiger partial charge in [0.1, 0.15) is 5.60 Å². The summed E-state index contributed by atoms with van der Waals surface area (Å²) in [5.41, 5.74) is -0.728. The number of carbonyl (C=O) groups is 1. The maximum absolute atomic E-state index is 11.7. The molecule has 0 bridgehead atoms. The van der Waals surface area contributed by atoms with Crippen LogP contribution in [0.25, 0.3) is 0 Å².